The molecule has 0 radical (unpaired) electrons. The molecule has 0 saturated heterocycles. The van der Waals surface area contributed by atoms with E-state index >= 15 is 0 Å². The van der Waals surface area contributed by atoms with Gasteiger partial charge in [0.2, 0.25) is 0 Å². The molecule has 3 nitrogen and oxygen atoms in total. The summed E-state index contributed by atoms with van der Waals surface area (Å²) < 4.78 is 9.23. The van der Waals surface area contributed by atoms with E-state index in [1.807, 2.05) is 0 Å². The van der Waals surface area contributed by atoms with Crippen LogP contribution in [-0.2, 0) is 0 Å². The van der Waals surface area contributed by atoms with Gasteiger partial charge in [-0.2, -0.15) is 0 Å². The van der Waals surface area contributed by atoms with Crippen molar-refractivity contribution < 1.29 is 4.42 Å². The fourth-order valence-electron chi connectivity index (χ4n) is 7.57. The molecule has 2 aromatic heterocycles. The van der Waals surface area contributed by atoms with E-state index in [0.717, 1.165) is 61.3 Å². The van der Waals surface area contributed by atoms with Crippen molar-refractivity contribution >= 4 is 71.6 Å². The molecule has 2 heterocycles. The highest BCUT2D eigenvalue weighted by Crippen LogP contribution is 2.45. The van der Waals surface area contributed by atoms with Crippen LogP contribution in [0.5, 0.6) is 0 Å². The van der Waals surface area contributed by atoms with Gasteiger partial charge in [0, 0.05) is 49.9 Å². The lowest BCUT2D eigenvalue weighted by Crippen LogP contribution is -2.09. The van der Waals surface area contributed by atoms with E-state index in [1.54, 1.807) is 0 Å². The molecule has 0 fully saturated rings. The Kier molecular flexibility index (Phi) is 6.18. The van der Waals surface area contributed by atoms with Crippen LogP contribution in [0.4, 0.5) is 17.1 Å². The second-order valence-electron chi connectivity index (χ2n) is 12.6. The van der Waals surface area contributed by atoms with Gasteiger partial charge < -0.3 is 13.9 Å². The Hall–Kier alpha value is -6.58. The lowest BCUT2D eigenvalue weighted by molar-refractivity contribution is 0.670. The molecule has 0 atom stereocenters. The Bertz CT molecular complexity index is 2770. The molecule has 10 rings (SSSR count). The SMILES string of the molecule is c1ccc(N(c2ccccc2)c2cc(-c3ccc4c5ccccc5n(-c5ccccc5)c4c3)c3oc4ccc5ccccc5c4c3c2)cc1. The molecule has 8 aromatic carbocycles. The highest BCUT2D eigenvalue weighted by molar-refractivity contribution is 6.22. The van der Waals surface area contributed by atoms with Gasteiger partial charge in [-0.05, 0) is 83.1 Å². The van der Waals surface area contributed by atoms with Crippen molar-refractivity contribution in [3.05, 3.63) is 182 Å². The Balaban J connectivity index is 1.32. The van der Waals surface area contributed by atoms with E-state index in [2.05, 4.69) is 191 Å². The largest absolute Gasteiger partial charge is 0.455 e. The van der Waals surface area contributed by atoms with Crippen LogP contribution in [0, 0.1) is 0 Å². The summed E-state index contributed by atoms with van der Waals surface area (Å²) in [6.45, 7) is 0. The first-order chi connectivity index (χ1) is 24.3. The number of furan rings is 1. The molecule has 0 saturated carbocycles. The molecule has 0 N–H and O–H groups in total. The summed E-state index contributed by atoms with van der Waals surface area (Å²) in [6.07, 6.45) is 0. The fourth-order valence-corrected chi connectivity index (χ4v) is 7.57. The van der Waals surface area contributed by atoms with Crippen molar-refractivity contribution in [2.24, 2.45) is 0 Å². The Labute approximate surface area is 283 Å². The first-order valence-corrected chi connectivity index (χ1v) is 16.7. The second kappa shape index (κ2) is 11.0. The Morgan fingerprint density at radius 2 is 1.06 bits per heavy atom. The van der Waals surface area contributed by atoms with Crippen molar-refractivity contribution in [1.29, 1.82) is 0 Å². The molecule has 0 unspecified atom stereocenters. The van der Waals surface area contributed by atoms with Gasteiger partial charge in [0.15, 0.2) is 0 Å². The van der Waals surface area contributed by atoms with Gasteiger partial charge in [0.05, 0.1) is 11.0 Å². The van der Waals surface area contributed by atoms with Crippen LogP contribution in [0.2, 0.25) is 0 Å². The lowest BCUT2D eigenvalue weighted by atomic mass is 9.97. The number of benzene rings is 8. The van der Waals surface area contributed by atoms with Gasteiger partial charge in [0.25, 0.3) is 0 Å². The van der Waals surface area contributed by atoms with Crippen molar-refractivity contribution in [2.75, 3.05) is 4.90 Å². The third-order valence-corrected chi connectivity index (χ3v) is 9.73. The van der Waals surface area contributed by atoms with E-state index in [9.17, 15) is 0 Å². The monoisotopic (exact) mass is 626 g/mol. The van der Waals surface area contributed by atoms with Crippen molar-refractivity contribution in [1.82, 2.24) is 4.57 Å². The van der Waals surface area contributed by atoms with E-state index < -0.39 is 0 Å². The number of anilines is 3. The predicted molar refractivity (Wildman–Crippen MR) is 206 cm³/mol. The average Bonchev–Trinajstić information content (AvgIpc) is 3.72. The van der Waals surface area contributed by atoms with Gasteiger partial charge >= 0.3 is 0 Å². The molecule has 0 spiro atoms. The maximum Gasteiger partial charge on any atom is 0.143 e. The number of aromatic nitrogens is 1. The number of hydrogen-bond acceptors (Lipinski definition) is 2. The van der Waals surface area contributed by atoms with Crippen LogP contribution in [-0.4, -0.2) is 4.57 Å². The summed E-state index contributed by atoms with van der Waals surface area (Å²) in [6, 6.07) is 64.9. The molecular weight excluding hydrogens is 597 g/mol. The normalized spacial score (nSPS) is 11.7. The Morgan fingerprint density at radius 3 is 1.82 bits per heavy atom. The smallest absolute Gasteiger partial charge is 0.143 e. The third-order valence-electron chi connectivity index (χ3n) is 9.73. The minimum absolute atomic E-state index is 0.887. The quantitative estimate of drug-likeness (QED) is 0.190. The zero-order chi connectivity index (χ0) is 32.3. The highest BCUT2D eigenvalue weighted by Gasteiger charge is 2.21. The summed E-state index contributed by atoms with van der Waals surface area (Å²) >= 11 is 0. The predicted octanol–water partition coefficient (Wildman–Crippen LogP) is 13.0. The number of rotatable bonds is 5. The standard InChI is InChI=1S/C46H30N2O/c1-4-15-33(16-5-1)47(34-17-6-2-7-18-34)36-29-40(46-41(30-36)45-37-21-11-10-14-31(37)25-27-44(45)49-46)32-24-26-39-38-22-12-13-23-42(38)48(43(39)28-32)35-19-8-3-9-20-35/h1-30H. The average molecular weight is 627 g/mol. The molecule has 230 valence electrons. The lowest BCUT2D eigenvalue weighted by Gasteiger charge is -2.26. The van der Waals surface area contributed by atoms with Crippen molar-refractivity contribution in [3.63, 3.8) is 0 Å². The number of nitrogens with zero attached hydrogens (tertiary/aromatic N) is 2. The van der Waals surface area contributed by atoms with Crippen LogP contribution in [0.1, 0.15) is 0 Å². The molecule has 0 aliphatic heterocycles. The third kappa shape index (κ3) is 4.37. The van der Waals surface area contributed by atoms with E-state index in [4.69, 9.17) is 4.42 Å². The zero-order valence-corrected chi connectivity index (χ0v) is 26.6. The van der Waals surface area contributed by atoms with Crippen molar-refractivity contribution in [2.45, 2.75) is 0 Å². The molecule has 49 heavy (non-hydrogen) atoms. The molecule has 0 amide bonds. The van der Waals surface area contributed by atoms with E-state index in [0.29, 0.717) is 0 Å². The summed E-state index contributed by atoms with van der Waals surface area (Å²) in [5.41, 5.74) is 10.7. The summed E-state index contributed by atoms with van der Waals surface area (Å²) in [7, 11) is 0. The van der Waals surface area contributed by atoms with Crippen LogP contribution >= 0.6 is 0 Å². The molecular formula is C46H30N2O. The minimum atomic E-state index is 0.887. The van der Waals surface area contributed by atoms with Crippen LogP contribution in [0.3, 0.4) is 0 Å². The highest BCUT2D eigenvalue weighted by atomic mass is 16.3. The maximum atomic E-state index is 6.85. The maximum absolute atomic E-state index is 6.85. The minimum Gasteiger partial charge on any atom is -0.455 e. The van der Waals surface area contributed by atoms with Gasteiger partial charge in [-0.1, -0.05) is 115 Å². The molecule has 3 heteroatoms. The van der Waals surface area contributed by atoms with Gasteiger partial charge in [-0.3, -0.25) is 0 Å². The fraction of sp³-hybridized carbons (Fsp3) is 0. The van der Waals surface area contributed by atoms with E-state index in [-0.39, 0.29) is 0 Å². The van der Waals surface area contributed by atoms with Gasteiger partial charge in [-0.15, -0.1) is 0 Å². The zero-order valence-electron chi connectivity index (χ0n) is 26.6. The number of hydrogen-bond donors (Lipinski definition) is 0. The van der Waals surface area contributed by atoms with Crippen LogP contribution in [0.25, 0.3) is 71.3 Å². The summed E-state index contributed by atoms with van der Waals surface area (Å²) in [5.74, 6) is 0. The number of fused-ring (bicyclic) bond motifs is 8. The molecule has 10 aromatic rings. The number of para-hydroxylation sites is 4. The van der Waals surface area contributed by atoms with Crippen LogP contribution < -0.4 is 4.90 Å². The molecule has 0 aliphatic carbocycles. The topological polar surface area (TPSA) is 21.3 Å². The first-order valence-electron chi connectivity index (χ1n) is 16.7. The molecule has 0 bridgehead atoms. The van der Waals surface area contributed by atoms with Crippen LogP contribution in [0.15, 0.2) is 186 Å². The van der Waals surface area contributed by atoms with Gasteiger partial charge in [0.1, 0.15) is 11.2 Å². The second-order valence-corrected chi connectivity index (χ2v) is 12.6. The van der Waals surface area contributed by atoms with E-state index in [1.165, 1.54) is 27.1 Å². The van der Waals surface area contributed by atoms with Crippen molar-refractivity contribution in [3.8, 4) is 16.8 Å². The summed E-state index contributed by atoms with van der Waals surface area (Å²) in [5, 5.41) is 7.08. The summed E-state index contributed by atoms with van der Waals surface area (Å²) in [4.78, 5) is 2.34. The first kappa shape index (κ1) is 27.5. The van der Waals surface area contributed by atoms with Gasteiger partial charge in [-0.25, -0.2) is 0 Å². The Morgan fingerprint density at radius 1 is 0.429 bits per heavy atom. The molecule has 0 aliphatic rings.